The molecule has 96 valence electrons. The fourth-order valence-electron chi connectivity index (χ4n) is 2.05. The first-order valence-electron chi connectivity index (χ1n) is 6.35. The summed E-state index contributed by atoms with van der Waals surface area (Å²) >= 11 is 1.81. The van der Waals surface area contributed by atoms with Crippen LogP contribution in [-0.2, 0) is 15.9 Å². The van der Waals surface area contributed by atoms with E-state index in [1.54, 1.807) is 0 Å². The molecule has 0 aromatic carbocycles. The van der Waals surface area contributed by atoms with Crippen LogP contribution in [0.3, 0.4) is 0 Å². The Kier molecular flexibility index (Phi) is 5.45. The van der Waals surface area contributed by atoms with Gasteiger partial charge < -0.3 is 14.8 Å². The minimum Gasteiger partial charge on any atom is -0.376 e. The third-order valence-electron chi connectivity index (χ3n) is 2.95. The second-order valence-corrected chi connectivity index (χ2v) is 5.36. The Morgan fingerprint density at radius 2 is 2.47 bits per heavy atom. The van der Waals surface area contributed by atoms with Crippen molar-refractivity contribution >= 4 is 11.3 Å². The normalized spacial score (nSPS) is 22.5. The zero-order chi connectivity index (χ0) is 11.9. The van der Waals surface area contributed by atoms with Crippen LogP contribution in [0, 0.1) is 0 Å². The molecule has 1 N–H and O–H groups in total. The molecule has 0 bridgehead atoms. The van der Waals surface area contributed by atoms with Gasteiger partial charge in [-0.3, -0.25) is 0 Å². The van der Waals surface area contributed by atoms with Crippen molar-refractivity contribution in [1.29, 1.82) is 0 Å². The molecule has 2 unspecified atom stereocenters. The van der Waals surface area contributed by atoms with Crippen molar-refractivity contribution in [3.63, 3.8) is 0 Å². The molecule has 2 atom stereocenters. The average molecular weight is 255 g/mol. The number of thiophene rings is 1. The van der Waals surface area contributed by atoms with E-state index in [4.69, 9.17) is 9.47 Å². The van der Waals surface area contributed by atoms with Crippen LogP contribution in [-0.4, -0.2) is 38.5 Å². The summed E-state index contributed by atoms with van der Waals surface area (Å²) in [5, 5.41) is 5.71. The fraction of sp³-hybridized carbons (Fsp3) is 0.692. The van der Waals surface area contributed by atoms with E-state index in [0.29, 0.717) is 12.6 Å². The van der Waals surface area contributed by atoms with Crippen molar-refractivity contribution in [3.8, 4) is 0 Å². The molecule has 0 saturated carbocycles. The third-order valence-corrected chi connectivity index (χ3v) is 3.85. The zero-order valence-electron chi connectivity index (χ0n) is 10.4. The molecule has 0 amide bonds. The van der Waals surface area contributed by atoms with Crippen molar-refractivity contribution in [2.75, 3.05) is 26.4 Å². The summed E-state index contributed by atoms with van der Waals surface area (Å²) in [6, 6.07) is 4.67. The van der Waals surface area contributed by atoms with Crippen molar-refractivity contribution < 1.29 is 9.47 Å². The van der Waals surface area contributed by atoms with Gasteiger partial charge in [0.25, 0.3) is 0 Å². The summed E-state index contributed by atoms with van der Waals surface area (Å²) in [6.07, 6.45) is 2.37. The van der Waals surface area contributed by atoms with Gasteiger partial charge in [-0.05, 0) is 30.8 Å². The van der Waals surface area contributed by atoms with Crippen LogP contribution >= 0.6 is 11.3 Å². The first-order chi connectivity index (χ1) is 8.40. The summed E-state index contributed by atoms with van der Waals surface area (Å²) in [4.78, 5) is 1.41. The maximum absolute atomic E-state index is 5.80. The van der Waals surface area contributed by atoms with Crippen LogP contribution in [0.1, 0.15) is 18.2 Å². The highest BCUT2D eigenvalue weighted by molar-refractivity contribution is 7.09. The molecule has 17 heavy (non-hydrogen) atoms. The summed E-state index contributed by atoms with van der Waals surface area (Å²) < 4.78 is 11.3. The number of hydrogen-bond donors (Lipinski definition) is 1. The van der Waals surface area contributed by atoms with Crippen molar-refractivity contribution in [2.45, 2.75) is 31.9 Å². The second-order valence-electron chi connectivity index (χ2n) is 4.33. The molecule has 4 heteroatoms. The van der Waals surface area contributed by atoms with E-state index in [0.717, 1.165) is 32.6 Å². The topological polar surface area (TPSA) is 30.5 Å². The molecule has 2 heterocycles. The van der Waals surface area contributed by atoms with Crippen LogP contribution in [0.5, 0.6) is 0 Å². The minimum atomic E-state index is 0.192. The molecule has 2 rings (SSSR count). The van der Waals surface area contributed by atoms with Gasteiger partial charge >= 0.3 is 0 Å². The molecule has 3 nitrogen and oxygen atoms in total. The lowest BCUT2D eigenvalue weighted by molar-refractivity contribution is -0.101. The van der Waals surface area contributed by atoms with Crippen LogP contribution in [0.4, 0.5) is 0 Å². The smallest absolute Gasteiger partial charge is 0.0965 e. The zero-order valence-corrected chi connectivity index (χ0v) is 11.2. The van der Waals surface area contributed by atoms with E-state index >= 15 is 0 Å². The Bertz CT molecular complexity index is 296. The van der Waals surface area contributed by atoms with E-state index in [1.165, 1.54) is 4.88 Å². The lowest BCUT2D eigenvalue weighted by Gasteiger charge is -2.31. The largest absolute Gasteiger partial charge is 0.376 e. The lowest BCUT2D eigenvalue weighted by atomic mass is 10.1. The predicted molar refractivity (Wildman–Crippen MR) is 70.7 cm³/mol. The molecule has 0 spiro atoms. The van der Waals surface area contributed by atoms with Gasteiger partial charge in [0, 0.05) is 10.9 Å². The Morgan fingerprint density at radius 1 is 1.53 bits per heavy atom. The number of nitrogens with one attached hydrogen (secondary N) is 1. The van der Waals surface area contributed by atoms with Crippen LogP contribution < -0.4 is 5.32 Å². The highest BCUT2D eigenvalue weighted by atomic mass is 32.1. The molecular formula is C13H21NO2S. The quantitative estimate of drug-likeness (QED) is 0.844. The SMILES string of the molecule is CCCNC(Cc1cccs1)C1COCCO1. The van der Waals surface area contributed by atoms with Gasteiger partial charge in [-0.1, -0.05) is 13.0 Å². The van der Waals surface area contributed by atoms with E-state index in [-0.39, 0.29) is 6.10 Å². The molecule has 0 aliphatic carbocycles. The number of ether oxygens (including phenoxy) is 2. The monoisotopic (exact) mass is 255 g/mol. The molecule has 0 radical (unpaired) electrons. The van der Waals surface area contributed by atoms with Crippen LogP contribution in [0.15, 0.2) is 17.5 Å². The van der Waals surface area contributed by atoms with E-state index in [1.807, 2.05) is 11.3 Å². The second kappa shape index (κ2) is 7.11. The average Bonchev–Trinajstić information content (AvgIpc) is 2.88. The lowest BCUT2D eigenvalue weighted by Crippen LogP contribution is -2.48. The van der Waals surface area contributed by atoms with E-state index in [2.05, 4.69) is 29.8 Å². The van der Waals surface area contributed by atoms with Crippen LogP contribution in [0.25, 0.3) is 0 Å². The molecule has 1 aliphatic heterocycles. The first-order valence-corrected chi connectivity index (χ1v) is 7.23. The predicted octanol–water partition coefficient (Wildman–Crippen LogP) is 2.07. The highest BCUT2D eigenvalue weighted by Gasteiger charge is 2.25. The van der Waals surface area contributed by atoms with Crippen molar-refractivity contribution in [1.82, 2.24) is 5.32 Å². The Balaban J connectivity index is 1.91. The van der Waals surface area contributed by atoms with Crippen molar-refractivity contribution in [3.05, 3.63) is 22.4 Å². The Labute approximate surface area is 107 Å². The maximum atomic E-state index is 5.80. The third kappa shape index (κ3) is 4.07. The molecule has 1 saturated heterocycles. The Hall–Kier alpha value is -0.420. The molecular weight excluding hydrogens is 234 g/mol. The first kappa shape index (κ1) is 13.0. The summed E-state index contributed by atoms with van der Waals surface area (Å²) in [5.41, 5.74) is 0. The van der Waals surface area contributed by atoms with Gasteiger partial charge in [0.05, 0.1) is 25.9 Å². The molecule has 1 fully saturated rings. The van der Waals surface area contributed by atoms with Gasteiger partial charge in [-0.2, -0.15) is 0 Å². The Morgan fingerprint density at radius 3 is 3.12 bits per heavy atom. The standard InChI is InChI=1S/C13H21NO2S/c1-2-5-14-12(9-11-4-3-8-17-11)13-10-15-6-7-16-13/h3-4,8,12-14H,2,5-7,9-10H2,1H3. The highest BCUT2D eigenvalue weighted by Crippen LogP contribution is 2.16. The van der Waals surface area contributed by atoms with Gasteiger partial charge in [-0.15, -0.1) is 11.3 Å². The fourth-order valence-corrected chi connectivity index (χ4v) is 2.81. The summed E-state index contributed by atoms with van der Waals surface area (Å²) in [7, 11) is 0. The van der Waals surface area contributed by atoms with Crippen LogP contribution in [0.2, 0.25) is 0 Å². The summed E-state index contributed by atoms with van der Waals surface area (Å²) in [6.45, 7) is 5.39. The van der Waals surface area contributed by atoms with Gasteiger partial charge in [0.2, 0.25) is 0 Å². The van der Waals surface area contributed by atoms with Crippen molar-refractivity contribution in [2.24, 2.45) is 0 Å². The maximum Gasteiger partial charge on any atom is 0.0965 e. The van der Waals surface area contributed by atoms with E-state index < -0.39 is 0 Å². The van der Waals surface area contributed by atoms with Gasteiger partial charge in [0.15, 0.2) is 0 Å². The number of hydrogen-bond acceptors (Lipinski definition) is 4. The van der Waals surface area contributed by atoms with Gasteiger partial charge in [0.1, 0.15) is 0 Å². The molecule has 1 aliphatic rings. The minimum absolute atomic E-state index is 0.192. The van der Waals surface area contributed by atoms with Gasteiger partial charge in [-0.25, -0.2) is 0 Å². The summed E-state index contributed by atoms with van der Waals surface area (Å²) in [5.74, 6) is 0. The molecule has 1 aromatic heterocycles. The molecule has 1 aromatic rings. The van der Waals surface area contributed by atoms with E-state index in [9.17, 15) is 0 Å². The number of rotatable bonds is 6.